The van der Waals surface area contributed by atoms with Crippen molar-refractivity contribution in [2.24, 2.45) is 0 Å². The molecular weight excluding hydrogens is 234 g/mol. The fourth-order valence-corrected chi connectivity index (χ4v) is 1.71. The molecule has 90 valence electrons. The van der Waals surface area contributed by atoms with Crippen LogP contribution in [0.25, 0.3) is 0 Å². The fourth-order valence-electron chi connectivity index (χ4n) is 1.50. The molecule has 0 aliphatic carbocycles. The van der Waals surface area contributed by atoms with Gasteiger partial charge in [-0.3, -0.25) is 4.79 Å². The number of halogens is 1. The lowest BCUT2D eigenvalue weighted by Gasteiger charge is -2.15. The Morgan fingerprint density at radius 1 is 1.47 bits per heavy atom. The van der Waals surface area contributed by atoms with Crippen molar-refractivity contribution in [3.05, 3.63) is 35.9 Å². The number of terminal acetylenes is 1. The molecule has 1 N–H and O–H groups in total. The van der Waals surface area contributed by atoms with E-state index in [9.17, 15) is 4.79 Å². The van der Waals surface area contributed by atoms with Gasteiger partial charge in [0.05, 0.1) is 6.04 Å². The molecule has 2 nitrogen and oxygen atoms in total. The first kappa shape index (κ1) is 13.6. The summed E-state index contributed by atoms with van der Waals surface area (Å²) in [6.07, 6.45) is 7.03. The number of amides is 1. The van der Waals surface area contributed by atoms with Crippen molar-refractivity contribution < 1.29 is 4.79 Å². The maximum Gasteiger partial charge on any atom is 0.243 e. The molecule has 0 aromatic heterocycles. The summed E-state index contributed by atoms with van der Waals surface area (Å²) in [5, 5.41) is 2.07. The maximum atomic E-state index is 11.8. The summed E-state index contributed by atoms with van der Waals surface area (Å²) in [6.45, 7) is 2.02. The number of alkyl halides is 1. The molecule has 0 heterocycles. The first-order valence-electron chi connectivity index (χ1n) is 5.64. The number of rotatable bonds is 5. The van der Waals surface area contributed by atoms with Gasteiger partial charge in [0, 0.05) is 0 Å². The molecule has 1 amide bonds. The van der Waals surface area contributed by atoms with E-state index in [1.165, 1.54) is 0 Å². The molecule has 0 fully saturated rings. The second-order valence-corrected chi connectivity index (χ2v) is 4.23. The van der Waals surface area contributed by atoms with Crippen LogP contribution in [0.5, 0.6) is 0 Å². The summed E-state index contributed by atoms with van der Waals surface area (Å²) < 4.78 is 0. The molecule has 1 aromatic carbocycles. The third-order valence-corrected chi connectivity index (χ3v) is 2.87. The van der Waals surface area contributed by atoms with E-state index in [4.69, 9.17) is 18.0 Å². The van der Waals surface area contributed by atoms with Crippen LogP contribution in [-0.4, -0.2) is 11.9 Å². The minimum Gasteiger partial charge on any atom is -0.341 e. The highest BCUT2D eigenvalue weighted by molar-refractivity contribution is 6.30. The molecule has 0 saturated heterocycles. The Kier molecular flexibility index (Phi) is 5.59. The van der Waals surface area contributed by atoms with Gasteiger partial charge in [-0.2, -0.15) is 0 Å². The number of benzene rings is 1. The molecule has 1 aromatic rings. The normalized spacial score (nSPS) is 13.5. The zero-order chi connectivity index (χ0) is 12.7. The molecule has 0 bridgehead atoms. The lowest BCUT2D eigenvalue weighted by atomic mass is 10.1. The predicted octanol–water partition coefficient (Wildman–Crippen LogP) is 2.88. The van der Waals surface area contributed by atoms with E-state index in [2.05, 4.69) is 11.2 Å². The Morgan fingerprint density at radius 3 is 2.65 bits per heavy atom. The summed E-state index contributed by atoms with van der Waals surface area (Å²) in [6, 6.07) is 8.99. The zero-order valence-electron chi connectivity index (χ0n) is 9.82. The second-order valence-electron chi connectivity index (χ2n) is 3.79. The van der Waals surface area contributed by atoms with Crippen LogP contribution in [0.1, 0.15) is 30.7 Å². The van der Waals surface area contributed by atoms with Crippen molar-refractivity contribution in [2.75, 3.05) is 0 Å². The highest BCUT2D eigenvalue weighted by Gasteiger charge is 2.19. The lowest BCUT2D eigenvalue weighted by molar-refractivity contribution is -0.121. The molecule has 0 aliphatic rings. The minimum atomic E-state index is -0.691. The Hall–Kier alpha value is -1.46. The van der Waals surface area contributed by atoms with Gasteiger partial charge in [-0.05, 0) is 12.0 Å². The van der Waals surface area contributed by atoms with Crippen LogP contribution < -0.4 is 5.32 Å². The number of hydrogen-bond acceptors (Lipinski definition) is 1. The molecule has 0 radical (unpaired) electrons. The Morgan fingerprint density at radius 2 is 2.12 bits per heavy atom. The smallest absolute Gasteiger partial charge is 0.243 e. The van der Waals surface area contributed by atoms with Gasteiger partial charge in [0.25, 0.3) is 0 Å². The zero-order valence-corrected chi connectivity index (χ0v) is 10.6. The number of hydrogen-bond donors (Lipinski definition) is 1. The third-order valence-electron chi connectivity index (χ3n) is 2.42. The number of carbonyl (C=O) groups excluding carboxylic acids is 1. The van der Waals surface area contributed by atoms with Crippen LogP contribution in [0, 0.1) is 12.3 Å². The summed E-state index contributed by atoms with van der Waals surface area (Å²) in [4.78, 5) is 11.8. The van der Waals surface area contributed by atoms with Gasteiger partial charge in [-0.25, -0.2) is 0 Å². The van der Waals surface area contributed by atoms with Gasteiger partial charge in [0.2, 0.25) is 5.91 Å². The van der Waals surface area contributed by atoms with Crippen LogP contribution in [0.15, 0.2) is 30.3 Å². The monoisotopic (exact) mass is 249 g/mol. The van der Waals surface area contributed by atoms with Crippen LogP contribution in [-0.2, 0) is 4.79 Å². The fraction of sp³-hybridized carbons (Fsp3) is 0.357. The molecule has 0 saturated carbocycles. The van der Waals surface area contributed by atoms with E-state index >= 15 is 0 Å². The molecule has 3 heteroatoms. The summed E-state index contributed by atoms with van der Waals surface area (Å²) in [7, 11) is 0. The highest BCUT2D eigenvalue weighted by atomic mass is 35.5. The van der Waals surface area contributed by atoms with E-state index in [1.54, 1.807) is 0 Å². The largest absolute Gasteiger partial charge is 0.341 e. The molecule has 1 rings (SSSR count). The van der Waals surface area contributed by atoms with Crippen molar-refractivity contribution in [1.82, 2.24) is 5.32 Å². The van der Waals surface area contributed by atoms with E-state index in [0.29, 0.717) is 0 Å². The SMILES string of the molecule is C#CC(CCC)NC(=O)C(Cl)c1ccccc1. The van der Waals surface area contributed by atoms with Crippen LogP contribution in [0.3, 0.4) is 0 Å². The minimum absolute atomic E-state index is 0.238. The van der Waals surface area contributed by atoms with Gasteiger partial charge < -0.3 is 5.32 Å². The average molecular weight is 250 g/mol. The molecule has 0 aliphatic heterocycles. The molecule has 0 spiro atoms. The summed E-state index contributed by atoms with van der Waals surface area (Å²) in [5.41, 5.74) is 0.777. The highest BCUT2D eigenvalue weighted by Crippen LogP contribution is 2.20. The van der Waals surface area contributed by atoms with Gasteiger partial charge in [-0.15, -0.1) is 18.0 Å². The molecule has 2 unspecified atom stereocenters. The Labute approximate surface area is 107 Å². The van der Waals surface area contributed by atoms with Crippen molar-refractivity contribution in [3.63, 3.8) is 0 Å². The first-order valence-corrected chi connectivity index (χ1v) is 6.08. The topological polar surface area (TPSA) is 29.1 Å². The van der Waals surface area contributed by atoms with Gasteiger partial charge >= 0.3 is 0 Å². The van der Waals surface area contributed by atoms with Crippen molar-refractivity contribution in [1.29, 1.82) is 0 Å². The van der Waals surface area contributed by atoms with E-state index < -0.39 is 5.38 Å². The van der Waals surface area contributed by atoms with Crippen LogP contribution in [0.4, 0.5) is 0 Å². The van der Waals surface area contributed by atoms with Gasteiger partial charge in [0.15, 0.2) is 0 Å². The third kappa shape index (κ3) is 4.13. The van der Waals surface area contributed by atoms with E-state index in [-0.39, 0.29) is 11.9 Å². The Balaban J connectivity index is 2.62. The van der Waals surface area contributed by atoms with Crippen molar-refractivity contribution >= 4 is 17.5 Å². The average Bonchev–Trinajstić information content (AvgIpc) is 2.38. The first-order chi connectivity index (χ1) is 8.19. The van der Waals surface area contributed by atoms with Crippen LogP contribution in [0.2, 0.25) is 0 Å². The number of nitrogens with one attached hydrogen (secondary N) is 1. The molecule has 17 heavy (non-hydrogen) atoms. The van der Waals surface area contributed by atoms with Crippen molar-refractivity contribution in [3.8, 4) is 12.3 Å². The summed E-state index contributed by atoms with van der Waals surface area (Å²) in [5.74, 6) is 2.31. The van der Waals surface area contributed by atoms with Gasteiger partial charge in [0.1, 0.15) is 5.38 Å². The standard InChI is InChI=1S/C14H16ClNO/c1-3-8-12(4-2)16-14(17)13(15)11-9-6-5-7-10-11/h2,5-7,9-10,12-13H,3,8H2,1H3,(H,16,17). The second kappa shape index (κ2) is 6.98. The molecule has 2 atom stereocenters. The molecular formula is C14H16ClNO. The number of carbonyl (C=O) groups is 1. The maximum absolute atomic E-state index is 11.8. The quantitative estimate of drug-likeness (QED) is 0.631. The lowest BCUT2D eigenvalue weighted by Crippen LogP contribution is -2.35. The van der Waals surface area contributed by atoms with Crippen LogP contribution >= 0.6 is 11.6 Å². The van der Waals surface area contributed by atoms with Crippen molar-refractivity contribution in [2.45, 2.75) is 31.2 Å². The van der Waals surface area contributed by atoms with E-state index in [0.717, 1.165) is 18.4 Å². The van der Waals surface area contributed by atoms with E-state index in [1.807, 2.05) is 37.3 Å². The predicted molar refractivity (Wildman–Crippen MR) is 70.7 cm³/mol. The summed E-state index contributed by atoms with van der Waals surface area (Å²) >= 11 is 6.08. The van der Waals surface area contributed by atoms with Gasteiger partial charge in [-0.1, -0.05) is 49.6 Å². The Bertz CT molecular complexity index is 396.